The van der Waals surface area contributed by atoms with Crippen LogP contribution in [-0.4, -0.2) is 8.96 Å². The standard InChI is InChI=1S/C14H11FN2.C4H11NOS/c15-13-5-4-11(8-14(13)17)6-10-2-1-3-12(7-10)9-16;1-4(2,3)7(5)6/h1-5,7-8H,6,17H2;5H2,1-3H3. The number of halogens is 1. The SMILES string of the molecule is CC(C)(C)S(N)=O.N#Cc1cccc(Cc2ccc(F)c(N)c2)c1. The Bertz CT molecular complexity index is 764. The molecule has 128 valence electrons. The molecule has 24 heavy (non-hydrogen) atoms. The minimum absolute atomic E-state index is 0.152. The van der Waals surface area contributed by atoms with Gasteiger partial charge in [-0.05, 0) is 62.6 Å². The van der Waals surface area contributed by atoms with Crippen LogP contribution in [0.3, 0.4) is 0 Å². The first-order chi connectivity index (χ1) is 11.1. The predicted octanol–water partition coefficient (Wildman–Crippen LogP) is 3.28. The third-order valence-corrected chi connectivity index (χ3v) is 4.34. The Morgan fingerprint density at radius 2 is 1.75 bits per heavy atom. The van der Waals surface area contributed by atoms with Crippen molar-refractivity contribution in [2.75, 3.05) is 5.73 Å². The van der Waals surface area contributed by atoms with Crippen LogP contribution < -0.4 is 10.9 Å². The molecule has 2 aromatic carbocycles. The summed E-state index contributed by atoms with van der Waals surface area (Å²) in [6.45, 7) is 5.51. The van der Waals surface area contributed by atoms with Crippen molar-refractivity contribution >= 4 is 16.7 Å². The van der Waals surface area contributed by atoms with Crippen LogP contribution in [0.5, 0.6) is 0 Å². The maximum atomic E-state index is 13.0. The lowest BCUT2D eigenvalue weighted by atomic mass is 10.0. The second kappa shape index (κ2) is 8.57. The highest BCUT2D eigenvalue weighted by Gasteiger charge is 2.14. The number of hydrogen-bond donors (Lipinski definition) is 2. The third-order valence-electron chi connectivity index (χ3n) is 3.13. The van der Waals surface area contributed by atoms with E-state index in [2.05, 4.69) is 6.07 Å². The molecule has 4 N–H and O–H groups in total. The Morgan fingerprint density at radius 3 is 2.25 bits per heavy atom. The molecule has 0 aliphatic carbocycles. The van der Waals surface area contributed by atoms with Crippen molar-refractivity contribution < 1.29 is 8.60 Å². The summed E-state index contributed by atoms with van der Waals surface area (Å²) in [5, 5.41) is 13.8. The zero-order valence-electron chi connectivity index (χ0n) is 14.0. The van der Waals surface area contributed by atoms with E-state index >= 15 is 0 Å². The number of nitrogen functional groups attached to an aromatic ring is 1. The summed E-state index contributed by atoms with van der Waals surface area (Å²) in [4.78, 5) is 0. The van der Waals surface area contributed by atoms with E-state index < -0.39 is 16.8 Å². The predicted molar refractivity (Wildman–Crippen MR) is 96.9 cm³/mol. The summed E-state index contributed by atoms with van der Waals surface area (Å²) < 4.78 is 23.1. The molecule has 1 atom stereocenters. The second-order valence-corrected chi connectivity index (χ2v) is 8.07. The van der Waals surface area contributed by atoms with Gasteiger partial charge >= 0.3 is 0 Å². The molecule has 4 nitrogen and oxygen atoms in total. The lowest BCUT2D eigenvalue weighted by Gasteiger charge is -2.11. The Hall–Kier alpha value is -2.23. The van der Waals surface area contributed by atoms with E-state index in [4.69, 9.17) is 16.1 Å². The van der Waals surface area contributed by atoms with Crippen LogP contribution in [-0.2, 0) is 17.4 Å². The third kappa shape index (κ3) is 6.49. The minimum atomic E-state index is -1.18. The normalized spacial score (nSPS) is 11.8. The molecule has 0 amide bonds. The van der Waals surface area contributed by atoms with Gasteiger partial charge in [-0.25, -0.2) is 8.60 Å². The van der Waals surface area contributed by atoms with Crippen LogP contribution in [0, 0.1) is 17.1 Å². The highest BCUT2D eigenvalue weighted by Crippen LogP contribution is 2.16. The Balaban J connectivity index is 0.000000351. The molecule has 0 bridgehead atoms. The number of nitrogens with zero attached hydrogens (tertiary/aromatic N) is 1. The van der Waals surface area contributed by atoms with Crippen LogP contribution in [0.15, 0.2) is 42.5 Å². The van der Waals surface area contributed by atoms with Crippen molar-refractivity contribution in [1.82, 2.24) is 0 Å². The molecule has 2 aromatic rings. The fourth-order valence-electron chi connectivity index (χ4n) is 1.69. The average molecular weight is 347 g/mol. The van der Waals surface area contributed by atoms with Crippen molar-refractivity contribution in [1.29, 1.82) is 5.26 Å². The molecule has 0 heterocycles. The minimum Gasteiger partial charge on any atom is -0.396 e. The van der Waals surface area contributed by atoms with Gasteiger partial charge in [0.1, 0.15) is 5.82 Å². The number of benzene rings is 2. The van der Waals surface area contributed by atoms with E-state index in [1.165, 1.54) is 6.07 Å². The van der Waals surface area contributed by atoms with Gasteiger partial charge in [0.05, 0.1) is 33.1 Å². The summed E-state index contributed by atoms with van der Waals surface area (Å²) in [5.41, 5.74) is 8.22. The maximum absolute atomic E-state index is 13.0. The monoisotopic (exact) mass is 347 g/mol. The van der Waals surface area contributed by atoms with Crippen molar-refractivity contribution in [3.63, 3.8) is 0 Å². The van der Waals surface area contributed by atoms with Crippen LogP contribution in [0.1, 0.15) is 37.5 Å². The smallest absolute Gasteiger partial charge is 0.146 e. The number of nitrogens with two attached hydrogens (primary N) is 2. The van der Waals surface area contributed by atoms with Crippen molar-refractivity contribution in [2.45, 2.75) is 31.9 Å². The Morgan fingerprint density at radius 1 is 1.17 bits per heavy atom. The van der Waals surface area contributed by atoms with Gasteiger partial charge in [0.2, 0.25) is 0 Å². The summed E-state index contributed by atoms with van der Waals surface area (Å²) in [6, 6.07) is 14.1. The summed E-state index contributed by atoms with van der Waals surface area (Å²) >= 11 is 0. The summed E-state index contributed by atoms with van der Waals surface area (Å²) in [5.74, 6) is -0.403. The van der Waals surface area contributed by atoms with Gasteiger partial charge < -0.3 is 5.73 Å². The molecule has 0 fully saturated rings. The topological polar surface area (TPSA) is 92.9 Å². The summed E-state index contributed by atoms with van der Waals surface area (Å²) in [6.07, 6.45) is 0.639. The first-order valence-electron chi connectivity index (χ1n) is 7.32. The summed E-state index contributed by atoms with van der Waals surface area (Å²) in [7, 11) is -1.18. The van der Waals surface area contributed by atoms with Crippen LogP contribution in [0.2, 0.25) is 0 Å². The molecule has 0 aliphatic rings. The van der Waals surface area contributed by atoms with Crippen LogP contribution >= 0.6 is 0 Å². The molecule has 0 spiro atoms. The molecular formula is C18H22FN3OS. The number of anilines is 1. The van der Waals surface area contributed by atoms with E-state index in [0.29, 0.717) is 12.0 Å². The fourth-order valence-corrected chi connectivity index (χ4v) is 1.69. The van der Waals surface area contributed by atoms with Crippen molar-refractivity contribution in [2.24, 2.45) is 5.14 Å². The average Bonchev–Trinajstić information content (AvgIpc) is 2.51. The number of rotatable bonds is 2. The fraction of sp³-hybridized carbons (Fsp3) is 0.278. The van der Waals surface area contributed by atoms with Gasteiger partial charge in [-0.1, -0.05) is 18.2 Å². The van der Waals surface area contributed by atoms with Crippen molar-refractivity contribution in [3.05, 3.63) is 65.0 Å². The molecule has 2 rings (SSSR count). The van der Waals surface area contributed by atoms with Gasteiger partial charge in [0, 0.05) is 0 Å². The van der Waals surface area contributed by atoms with E-state index in [0.717, 1.165) is 11.1 Å². The zero-order valence-corrected chi connectivity index (χ0v) is 14.9. The van der Waals surface area contributed by atoms with Crippen molar-refractivity contribution in [3.8, 4) is 6.07 Å². The molecule has 0 radical (unpaired) electrons. The van der Waals surface area contributed by atoms with Gasteiger partial charge in [-0.15, -0.1) is 0 Å². The molecule has 0 aromatic heterocycles. The van der Waals surface area contributed by atoms with E-state index in [-0.39, 0.29) is 10.4 Å². The van der Waals surface area contributed by atoms with Gasteiger partial charge in [-0.2, -0.15) is 5.26 Å². The molecule has 0 saturated carbocycles. The van der Waals surface area contributed by atoms with Gasteiger partial charge in [0.15, 0.2) is 0 Å². The Labute approximate surface area is 144 Å². The lowest BCUT2D eigenvalue weighted by Crippen LogP contribution is -2.27. The first-order valence-corrected chi connectivity index (χ1v) is 8.54. The van der Waals surface area contributed by atoms with Crippen LogP contribution in [0.25, 0.3) is 0 Å². The molecular weight excluding hydrogens is 325 g/mol. The molecule has 0 saturated heterocycles. The van der Waals surface area contributed by atoms with Crippen LogP contribution in [0.4, 0.5) is 10.1 Å². The van der Waals surface area contributed by atoms with E-state index in [1.54, 1.807) is 18.2 Å². The zero-order chi connectivity index (χ0) is 18.3. The first kappa shape index (κ1) is 19.8. The second-order valence-electron chi connectivity index (χ2n) is 6.25. The quantitative estimate of drug-likeness (QED) is 0.817. The molecule has 6 heteroatoms. The lowest BCUT2D eigenvalue weighted by molar-refractivity contribution is 0.632. The number of hydrogen-bond acceptors (Lipinski definition) is 3. The Kier molecular flexibility index (Phi) is 7.08. The van der Waals surface area contributed by atoms with E-state index in [1.807, 2.05) is 39.0 Å². The van der Waals surface area contributed by atoms with E-state index in [9.17, 15) is 8.60 Å². The van der Waals surface area contributed by atoms with Gasteiger partial charge in [0.25, 0.3) is 0 Å². The van der Waals surface area contributed by atoms with Gasteiger partial charge in [-0.3, -0.25) is 5.14 Å². The largest absolute Gasteiger partial charge is 0.396 e. The maximum Gasteiger partial charge on any atom is 0.146 e. The highest BCUT2D eigenvalue weighted by molar-refractivity contribution is 7.84. The molecule has 1 unspecified atom stereocenters. The molecule has 0 aliphatic heterocycles. The number of nitriles is 1. The highest BCUT2D eigenvalue weighted by atomic mass is 32.2.